The van der Waals surface area contributed by atoms with E-state index < -0.39 is 0 Å². The summed E-state index contributed by atoms with van der Waals surface area (Å²) >= 11 is 2.53. The minimum Gasteiger partial charge on any atom is -0.496 e. The summed E-state index contributed by atoms with van der Waals surface area (Å²) in [5.74, 6) is 0.0394. The lowest BCUT2D eigenvalue weighted by atomic mass is 10.1. The molecule has 1 N–H and O–H groups in total. The van der Waals surface area contributed by atoms with Gasteiger partial charge in [0, 0.05) is 16.6 Å². The van der Waals surface area contributed by atoms with E-state index in [1.165, 1.54) is 42.3 Å². The molecule has 0 aliphatic rings. The topological polar surface area (TPSA) is 81.9 Å². The van der Waals surface area contributed by atoms with E-state index >= 15 is 0 Å². The van der Waals surface area contributed by atoms with Gasteiger partial charge in [-0.15, -0.1) is 21.5 Å². The second-order valence-corrected chi connectivity index (χ2v) is 8.34. The third-order valence-corrected chi connectivity index (χ3v) is 6.05. The van der Waals surface area contributed by atoms with Crippen LogP contribution < -0.4 is 10.1 Å². The average molecular weight is 456 g/mol. The maximum absolute atomic E-state index is 13.6. The van der Waals surface area contributed by atoms with E-state index in [2.05, 4.69) is 20.5 Å². The molecule has 0 spiro atoms. The van der Waals surface area contributed by atoms with Crippen molar-refractivity contribution in [3.05, 3.63) is 65.6 Å². The van der Waals surface area contributed by atoms with Crippen molar-refractivity contribution in [1.29, 1.82) is 0 Å². The summed E-state index contributed by atoms with van der Waals surface area (Å²) in [7, 11) is 1.51. The molecule has 31 heavy (non-hydrogen) atoms. The number of hydrogen-bond donors (Lipinski definition) is 1. The minimum atomic E-state index is -0.386. The lowest BCUT2D eigenvalue weighted by Gasteiger charge is -2.07. The largest absolute Gasteiger partial charge is 0.496 e. The summed E-state index contributed by atoms with van der Waals surface area (Å²) < 4.78 is 20.7. The molecule has 0 saturated heterocycles. The quantitative estimate of drug-likeness (QED) is 0.411. The third-order valence-electron chi connectivity index (χ3n) is 4.35. The number of thiazole rings is 1. The number of nitrogens with one attached hydrogen (secondary N) is 1. The molecular formula is C21H18FN5O2S2. The van der Waals surface area contributed by atoms with E-state index in [1.54, 1.807) is 17.8 Å². The summed E-state index contributed by atoms with van der Waals surface area (Å²) in [4.78, 5) is 16.8. The van der Waals surface area contributed by atoms with Gasteiger partial charge in [0.05, 0.1) is 18.6 Å². The van der Waals surface area contributed by atoms with Gasteiger partial charge in [-0.25, -0.2) is 9.37 Å². The van der Waals surface area contributed by atoms with Crippen LogP contribution in [0.25, 0.3) is 16.9 Å². The number of aromatic nitrogens is 4. The predicted octanol–water partition coefficient (Wildman–Crippen LogP) is 4.58. The van der Waals surface area contributed by atoms with Crippen molar-refractivity contribution < 1.29 is 13.9 Å². The van der Waals surface area contributed by atoms with Crippen molar-refractivity contribution in [2.24, 2.45) is 0 Å². The Balaban J connectivity index is 1.41. The van der Waals surface area contributed by atoms with E-state index in [-0.39, 0.29) is 17.5 Å². The molecular weight excluding hydrogens is 437 g/mol. The SMILES string of the molecule is COc1ccc(F)cc1-c1csc(NC(=O)CSc2nncn2-c2ccc(C)cc2)n1. The van der Waals surface area contributed by atoms with Crippen molar-refractivity contribution >= 4 is 34.1 Å². The Hall–Kier alpha value is -3.24. The first-order chi connectivity index (χ1) is 15.0. The molecule has 4 aromatic rings. The lowest BCUT2D eigenvalue weighted by molar-refractivity contribution is -0.113. The second-order valence-electron chi connectivity index (χ2n) is 6.54. The molecule has 2 aromatic heterocycles. The smallest absolute Gasteiger partial charge is 0.236 e. The Bertz CT molecular complexity index is 1210. The zero-order chi connectivity index (χ0) is 21.8. The first-order valence-corrected chi connectivity index (χ1v) is 11.1. The van der Waals surface area contributed by atoms with Crippen LogP contribution >= 0.6 is 23.1 Å². The van der Waals surface area contributed by atoms with Crippen molar-refractivity contribution in [3.63, 3.8) is 0 Å². The number of benzene rings is 2. The van der Waals surface area contributed by atoms with Gasteiger partial charge in [0.1, 0.15) is 17.9 Å². The molecule has 0 unspecified atom stereocenters. The molecule has 0 aliphatic heterocycles. The van der Waals surface area contributed by atoms with Gasteiger partial charge in [0.2, 0.25) is 5.91 Å². The van der Waals surface area contributed by atoms with Crippen molar-refractivity contribution in [2.45, 2.75) is 12.1 Å². The first kappa shape index (κ1) is 21.0. The number of rotatable bonds is 7. The number of ether oxygens (including phenoxy) is 1. The highest BCUT2D eigenvalue weighted by molar-refractivity contribution is 7.99. The molecule has 0 atom stereocenters. The number of carbonyl (C=O) groups excluding carboxylic acids is 1. The second kappa shape index (κ2) is 9.27. The maximum atomic E-state index is 13.6. The Morgan fingerprint density at radius 1 is 1.26 bits per heavy atom. The van der Waals surface area contributed by atoms with E-state index in [9.17, 15) is 9.18 Å². The Kier molecular flexibility index (Phi) is 6.28. The monoisotopic (exact) mass is 455 g/mol. The number of anilines is 1. The number of aryl methyl sites for hydroxylation is 1. The van der Waals surface area contributed by atoms with Crippen LogP contribution in [-0.4, -0.2) is 38.5 Å². The van der Waals surface area contributed by atoms with Crippen LogP contribution in [0.2, 0.25) is 0 Å². The molecule has 0 aliphatic carbocycles. The van der Waals surface area contributed by atoms with Crippen molar-refractivity contribution in [3.8, 4) is 22.7 Å². The molecule has 2 heterocycles. The van der Waals surface area contributed by atoms with Crippen molar-refractivity contribution in [1.82, 2.24) is 19.7 Å². The van der Waals surface area contributed by atoms with Crippen LogP contribution in [0.1, 0.15) is 5.56 Å². The number of methoxy groups -OCH3 is 1. The number of halogens is 1. The van der Waals surface area contributed by atoms with Crippen LogP contribution in [-0.2, 0) is 4.79 Å². The number of hydrogen-bond acceptors (Lipinski definition) is 7. The third kappa shape index (κ3) is 4.92. The van der Waals surface area contributed by atoms with Gasteiger partial charge < -0.3 is 10.1 Å². The fourth-order valence-corrected chi connectivity index (χ4v) is 4.28. The number of nitrogens with zero attached hydrogens (tertiary/aromatic N) is 4. The summed E-state index contributed by atoms with van der Waals surface area (Å²) in [5, 5.41) is 13.6. The summed E-state index contributed by atoms with van der Waals surface area (Å²) in [6.07, 6.45) is 1.62. The van der Waals surface area contributed by atoms with Gasteiger partial charge in [-0.2, -0.15) is 0 Å². The molecule has 0 bridgehead atoms. The van der Waals surface area contributed by atoms with E-state index in [1.807, 2.05) is 35.8 Å². The lowest BCUT2D eigenvalue weighted by Crippen LogP contribution is -2.14. The highest BCUT2D eigenvalue weighted by atomic mass is 32.2. The molecule has 0 saturated carbocycles. The van der Waals surface area contributed by atoms with Gasteiger partial charge in [-0.1, -0.05) is 29.5 Å². The van der Waals surface area contributed by atoms with E-state index in [0.29, 0.717) is 27.3 Å². The van der Waals surface area contributed by atoms with E-state index in [0.717, 1.165) is 11.3 Å². The molecule has 10 heteroatoms. The average Bonchev–Trinajstić information content (AvgIpc) is 3.42. The normalized spacial score (nSPS) is 10.8. The Labute approximate surface area is 186 Å². The fraction of sp³-hybridized carbons (Fsp3) is 0.143. The number of carbonyl (C=O) groups is 1. The minimum absolute atomic E-state index is 0.142. The summed E-state index contributed by atoms with van der Waals surface area (Å²) in [5.41, 5.74) is 3.14. The molecule has 0 fully saturated rings. The Morgan fingerprint density at radius 3 is 2.84 bits per heavy atom. The van der Waals surface area contributed by atoms with Gasteiger partial charge in [0.25, 0.3) is 0 Å². The number of thioether (sulfide) groups is 1. The predicted molar refractivity (Wildman–Crippen MR) is 120 cm³/mol. The zero-order valence-corrected chi connectivity index (χ0v) is 18.3. The number of amides is 1. The van der Waals surface area contributed by atoms with Gasteiger partial charge >= 0.3 is 0 Å². The molecule has 0 radical (unpaired) electrons. The summed E-state index contributed by atoms with van der Waals surface area (Å²) in [6.45, 7) is 2.02. The van der Waals surface area contributed by atoms with Crippen LogP contribution in [0, 0.1) is 12.7 Å². The highest BCUT2D eigenvalue weighted by Crippen LogP contribution is 2.33. The molecule has 1 amide bonds. The fourth-order valence-electron chi connectivity index (χ4n) is 2.83. The van der Waals surface area contributed by atoms with Gasteiger partial charge in [0.15, 0.2) is 10.3 Å². The molecule has 7 nitrogen and oxygen atoms in total. The maximum Gasteiger partial charge on any atom is 0.236 e. The molecule has 158 valence electrons. The van der Waals surface area contributed by atoms with E-state index in [4.69, 9.17) is 4.74 Å². The first-order valence-electron chi connectivity index (χ1n) is 9.22. The van der Waals surface area contributed by atoms with Crippen LogP contribution in [0.3, 0.4) is 0 Å². The van der Waals surface area contributed by atoms with Crippen molar-refractivity contribution in [2.75, 3.05) is 18.2 Å². The standard InChI is InChI=1S/C21H18FN5O2S2/c1-13-3-6-15(7-4-13)27-12-23-26-21(27)31-11-19(28)25-20-24-17(10-30-20)16-9-14(22)5-8-18(16)29-2/h3-10,12H,11H2,1-2H3,(H,24,25,28). The van der Waals surface area contributed by atoms with Gasteiger partial charge in [-0.3, -0.25) is 9.36 Å². The van der Waals surface area contributed by atoms with Crippen LogP contribution in [0.15, 0.2) is 59.3 Å². The van der Waals surface area contributed by atoms with Crippen LogP contribution in [0.5, 0.6) is 5.75 Å². The summed E-state index contributed by atoms with van der Waals surface area (Å²) in [6, 6.07) is 12.2. The zero-order valence-electron chi connectivity index (χ0n) is 16.7. The van der Waals surface area contributed by atoms with Gasteiger partial charge in [-0.05, 0) is 37.3 Å². The Morgan fingerprint density at radius 2 is 2.06 bits per heavy atom. The van der Waals surface area contributed by atoms with Crippen LogP contribution in [0.4, 0.5) is 9.52 Å². The highest BCUT2D eigenvalue weighted by Gasteiger charge is 2.14. The molecule has 4 rings (SSSR count). The molecule has 2 aromatic carbocycles.